The number of hydrogen-bond donors (Lipinski definition) is 1. The zero-order valence-corrected chi connectivity index (χ0v) is 19.3. The molecule has 10 heteroatoms. The standard InChI is InChI=1S/C24H18ClF2N5OS/c25-23-28-10-9-18(30-23)21-20(31-24(34-21)32-11-1-2-12-32)14-5-3-6-15(13-14)29-22(33)19-16(26)7-4-8-17(19)27/h3-10,13H,1-2,11-12H2,(H,29,33). The Bertz CT molecular complexity index is 1350. The minimum Gasteiger partial charge on any atom is -0.348 e. The number of rotatable bonds is 5. The topological polar surface area (TPSA) is 71.0 Å². The molecular weight excluding hydrogens is 480 g/mol. The summed E-state index contributed by atoms with van der Waals surface area (Å²) in [4.78, 5) is 28.8. The van der Waals surface area contributed by atoms with Gasteiger partial charge in [0.05, 0.1) is 16.3 Å². The third-order valence-electron chi connectivity index (χ3n) is 5.43. The Morgan fingerprint density at radius 2 is 1.76 bits per heavy atom. The van der Waals surface area contributed by atoms with Crippen molar-refractivity contribution in [3.8, 4) is 21.8 Å². The lowest BCUT2D eigenvalue weighted by molar-refractivity contribution is 0.101. The van der Waals surface area contributed by atoms with Crippen molar-refractivity contribution in [3.63, 3.8) is 0 Å². The summed E-state index contributed by atoms with van der Waals surface area (Å²) in [5.41, 5.74) is 1.79. The van der Waals surface area contributed by atoms with Crippen LogP contribution in [0.25, 0.3) is 21.8 Å². The van der Waals surface area contributed by atoms with Crippen molar-refractivity contribution >= 4 is 39.7 Å². The second-order valence-corrected chi connectivity index (χ2v) is 9.03. The molecule has 0 atom stereocenters. The fourth-order valence-corrected chi connectivity index (χ4v) is 5.09. The van der Waals surface area contributed by atoms with E-state index < -0.39 is 23.1 Å². The maximum Gasteiger partial charge on any atom is 0.261 e. The van der Waals surface area contributed by atoms with Crippen LogP contribution in [0.3, 0.4) is 0 Å². The Morgan fingerprint density at radius 1 is 1.03 bits per heavy atom. The first-order valence-corrected chi connectivity index (χ1v) is 11.8. The summed E-state index contributed by atoms with van der Waals surface area (Å²) < 4.78 is 28.1. The van der Waals surface area contributed by atoms with Crippen molar-refractivity contribution in [3.05, 3.63) is 77.2 Å². The fourth-order valence-electron chi connectivity index (χ4n) is 3.84. The predicted molar refractivity (Wildman–Crippen MR) is 129 cm³/mol. The molecule has 2 aromatic carbocycles. The van der Waals surface area contributed by atoms with E-state index in [4.69, 9.17) is 16.6 Å². The second kappa shape index (κ2) is 9.44. The van der Waals surface area contributed by atoms with Crippen molar-refractivity contribution in [1.29, 1.82) is 0 Å². The molecule has 4 aromatic rings. The molecule has 1 N–H and O–H groups in total. The van der Waals surface area contributed by atoms with Crippen LogP contribution in [0.1, 0.15) is 23.2 Å². The summed E-state index contributed by atoms with van der Waals surface area (Å²) in [7, 11) is 0. The molecule has 6 nitrogen and oxygen atoms in total. The van der Waals surface area contributed by atoms with Crippen LogP contribution in [0, 0.1) is 11.6 Å². The predicted octanol–water partition coefficient (Wildman–Crippen LogP) is 6.05. The number of benzene rings is 2. The van der Waals surface area contributed by atoms with Gasteiger partial charge in [-0.3, -0.25) is 4.79 Å². The third-order valence-corrected chi connectivity index (χ3v) is 6.76. The summed E-state index contributed by atoms with van der Waals surface area (Å²) in [6.07, 6.45) is 3.80. The molecule has 1 aliphatic rings. The first-order chi connectivity index (χ1) is 16.5. The number of hydrogen-bond acceptors (Lipinski definition) is 6. The quantitative estimate of drug-likeness (QED) is 0.340. The summed E-state index contributed by atoms with van der Waals surface area (Å²) in [6, 6.07) is 12.0. The Labute approximate surface area is 203 Å². The molecule has 5 rings (SSSR count). The monoisotopic (exact) mass is 497 g/mol. The molecule has 3 heterocycles. The molecule has 0 radical (unpaired) electrons. The summed E-state index contributed by atoms with van der Waals surface area (Å²) in [6.45, 7) is 1.86. The van der Waals surface area contributed by atoms with Gasteiger partial charge in [-0.2, -0.15) is 0 Å². The average molecular weight is 498 g/mol. The zero-order valence-electron chi connectivity index (χ0n) is 17.8. The largest absolute Gasteiger partial charge is 0.348 e. The van der Waals surface area contributed by atoms with E-state index in [1.807, 2.05) is 6.07 Å². The van der Waals surface area contributed by atoms with Gasteiger partial charge in [0.1, 0.15) is 17.2 Å². The number of anilines is 2. The van der Waals surface area contributed by atoms with E-state index in [0.29, 0.717) is 17.1 Å². The smallest absolute Gasteiger partial charge is 0.261 e. The Morgan fingerprint density at radius 3 is 2.50 bits per heavy atom. The highest BCUT2D eigenvalue weighted by atomic mass is 35.5. The van der Waals surface area contributed by atoms with E-state index in [1.54, 1.807) is 30.5 Å². The van der Waals surface area contributed by atoms with Crippen molar-refractivity contribution < 1.29 is 13.6 Å². The number of amides is 1. The van der Waals surface area contributed by atoms with Gasteiger partial charge in [-0.05, 0) is 54.8 Å². The first kappa shape index (κ1) is 22.4. The zero-order chi connectivity index (χ0) is 23.7. The van der Waals surface area contributed by atoms with E-state index in [-0.39, 0.29) is 5.28 Å². The number of halogens is 3. The van der Waals surface area contributed by atoms with Gasteiger partial charge in [0.2, 0.25) is 5.28 Å². The van der Waals surface area contributed by atoms with Gasteiger partial charge < -0.3 is 10.2 Å². The van der Waals surface area contributed by atoms with Crippen molar-refractivity contribution in [2.75, 3.05) is 23.3 Å². The van der Waals surface area contributed by atoms with Crippen LogP contribution < -0.4 is 10.2 Å². The Balaban J connectivity index is 1.52. The summed E-state index contributed by atoms with van der Waals surface area (Å²) >= 11 is 7.55. The molecule has 1 saturated heterocycles. The van der Waals surface area contributed by atoms with E-state index in [1.165, 1.54) is 17.4 Å². The van der Waals surface area contributed by atoms with Gasteiger partial charge in [-0.1, -0.05) is 29.5 Å². The van der Waals surface area contributed by atoms with Crippen molar-refractivity contribution in [1.82, 2.24) is 15.0 Å². The summed E-state index contributed by atoms with van der Waals surface area (Å²) in [5.74, 6) is -2.72. The van der Waals surface area contributed by atoms with E-state index >= 15 is 0 Å². The van der Waals surface area contributed by atoms with Crippen LogP contribution in [0.5, 0.6) is 0 Å². The molecule has 172 valence electrons. The molecule has 1 amide bonds. The van der Waals surface area contributed by atoms with Crippen LogP contribution in [-0.4, -0.2) is 33.9 Å². The normalized spacial score (nSPS) is 13.3. The molecular formula is C24H18ClF2N5OS. The number of carbonyl (C=O) groups excluding carboxylic acids is 1. The van der Waals surface area contributed by atoms with E-state index in [2.05, 4.69) is 20.2 Å². The Hall–Kier alpha value is -3.43. The maximum atomic E-state index is 14.0. The summed E-state index contributed by atoms with van der Waals surface area (Å²) in [5, 5.41) is 3.59. The molecule has 0 bridgehead atoms. The molecule has 0 unspecified atom stereocenters. The van der Waals surface area contributed by atoms with Crippen LogP contribution in [-0.2, 0) is 0 Å². The molecule has 0 aliphatic carbocycles. The van der Waals surface area contributed by atoms with Gasteiger partial charge in [0.15, 0.2) is 5.13 Å². The lowest BCUT2D eigenvalue weighted by Gasteiger charge is -2.12. The van der Waals surface area contributed by atoms with Crippen LogP contribution in [0.15, 0.2) is 54.7 Å². The molecule has 2 aromatic heterocycles. The maximum absolute atomic E-state index is 14.0. The van der Waals surface area contributed by atoms with Crippen LogP contribution in [0.2, 0.25) is 5.28 Å². The van der Waals surface area contributed by atoms with E-state index in [9.17, 15) is 13.6 Å². The van der Waals surface area contributed by atoms with E-state index in [0.717, 1.165) is 53.6 Å². The highest BCUT2D eigenvalue weighted by Gasteiger charge is 2.23. The molecule has 1 fully saturated rings. The Kier molecular flexibility index (Phi) is 6.21. The van der Waals surface area contributed by atoms with Gasteiger partial charge in [0.25, 0.3) is 5.91 Å². The minimum atomic E-state index is -0.925. The minimum absolute atomic E-state index is 0.132. The van der Waals surface area contributed by atoms with Gasteiger partial charge in [-0.15, -0.1) is 0 Å². The van der Waals surface area contributed by atoms with Crippen molar-refractivity contribution in [2.24, 2.45) is 0 Å². The highest BCUT2D eigenvalue weighted by Crippen LogP contribution is 2.41. The third kappa shape index (κ3) is 4.49. The molecule has 0 saturated carbocycles. The molecule has 1 aliphatic heterocycles. The van der Waals surface area contributed by atoms with Crippen LogP contribution in [0.4, 0.5) is 19.6 Å². The lowest BCUT2D eigenvalue weighted by atomic mass is 10.1. The van der Waals surface area contributed by atoms with Gasteiger partial charge in [-0.25, -0.2) is 23.7 Å². The molecule has 0 spiro atoms. The number of nitrogens with zero attached hydrogens (tertiary/aromatic N) is 4. The number of thiazole rings is 1. The average Bonchev–Trinajstić information content (AvgIpc) is 3.49. The van der Waals surface area contributed by atoms with Gasteiger partial charge >= 0.3 is 0 Å². The SMILES string of the molecule is O=C(Nc1cccc(-c2nc(N3CCCC3)sc2-c2ccnc(Cl)n2)c1)c1c(F)cccc1F. The molecule has 34 heavy (non-hydrogen) atoms. The second-order valence-electron chi connectivity index (χ2n) is 7.71. The number of nitrogens with one attached hydrogen (secondary N) is 1. The van der Waals surface area contributed by atoms with Crippen molar-refractivity contribution in [2.45, 2.75) is 12.8 Å². The number of carbonyl (C=O) groups is 1. The first-order valence-electron chi connectivity index (χ1n) is 10.6. The lowest BCUT2D eigenvalue weighted by Crippen LogP contribution is -2.17. The van der Waals surface area contributed by atoms with Gasteiger partial charge in [0, 0.05) is 30.5 Å². The number of aromatic nitrogens is 3. The van der Waals surface area contributed by atoms with Crippen LogP contribution >= 0.6 is 22.9 Å². The fraction of sp³-hybridized carbons (Fsp3) is 0.167. The highest BCUT2D eigenvalue weighted by molar-refractivity contribution is 7.19.